The zero-order chi connectivity index (χ0) is 13.1. The first-order valence-electron chi connectivity index (χ1n) is 6.60. The summed E-state index contributed by atoms with van der Waals surface area (Å²) in [5.74, 6) is 0.492. The molecule has 0 aromatic heterocycles. The molecule has 0 aliphatic heterocycles. The molecule has 0 bridgehead atoms. The highest BCUT2D eigenvalue weighted by Crippen LogP contribution is 2.31. The summed E-state index contributed by atoms with van der Waals surface area (Å²) in [6.07, 6.45) is 3.74. The van der Waals surface area contributed by atoms with Gasteiger partial charge in [0.15, 0.2) is 0 Å². The summed E-state index contributed by atoms with van der Waals surface area (Å²) in [5, 5.41) is 13.1. The second-order valence-electron chi connectivity index (χ2n) is 5.91. The molecule has 0 spiro atoms. The van der Waals surface area contributed by atoms with E-state index in [0.29, 0.717) is 12.5 Å². The van der Waals surface area contributed by atoms with E-state index in [0.717, 1.165) is 19.3 Å². The topological polar surface area (TPSA) is 75.3 Å². The third kappa shape index (κ3) is 4.28. The van der Waals surface area contributed by atoms with Crippen molar-refractivity contribution >= 4 is 5.91 Å². The molecule has 4 nitrogen and oxygen atoms in total. The highest BCUT2D eigenvalue weighted by Gasteiger charge is 2.33. The third-order valence-corrected chi connectivity index (χ3v) is 3.68. The van der Waals surface area contributed by atoms with Gasteiger partial charge in [-0.15, -0.1) is 0 Å². The quantitative estimate of drug-likeness (QED) is 0.689. The van der Waals surface area contributed by atoms with Crippen molar-refractivity contribution in [1.82, 2.24) is 5.32 Å². The van der Waals surface area contributed by atoms with E-state index in [1.165, 1.54) is 6.42 Å². The number of carbonyl (C=O) groups is 1. The van der Waals surface area contributed by atoms with Crippen LogP contribution in [0.5, 0.6) is 0 Å². The number of nitrogens with two attached hydrogens (primary N) is 1. The molecule has 1 amide bonds. The molecule has 4 N–H and O–H groups in total. The van der Waals surface area contributed by atoms with Gasteiger partial charge in [-0.25, -0.2) is 0 Å². The van der Waals surface area contributed by atoms with Crippen LogP contribution < -0.4 is 11.1 Å². The fourth-order valence-electron chi connectivity index (χ4n) is 2.47. The zero-order valence-corrected chi connectivity index (χ0v) is 11.2. The molecule has 2 unspecified atom stereocenters. The van der Waals surface area contributed by atoms with Gasteiger partial charge in [-0.1, -0.05) is 33.6 Å². The molecule has 3 atom stereocenters. The van der Waals surface area contributed by atoms with Gasteiger partial charge in [0.05, 0.1) is 11.6 Å². The van der Waals surface area contributed by atoms with E-state index in [1.54, 1.807) is 0 Å². The van der Waals surface area contributed by atoms with Crippen molar-refractivity contribution < 1.29 is 9.90 Å². The second-order valence-corrected chi connectivity index (χ2v) is 5.91. The van der Waals surface area contributed by atoms with Gasteiger partial charge in [0.25, 0.3) is 0 Å². The number of carbonyl (C=O) groups excluding carboxylic acids is 1. The number of amides is 1. The van der Waals surface area contributed by atoms with Crippen molar-refractivity contribution in [3.05, 3.63) is 0 Å². The molecule has 1 rings (SSSR count). The molecular weight excluding hydrogens is 216 g/mol. The van der Waals surface area contributed by atoms with E-state index < -0.39 is 11.6 Å². The molecule has 1 fully saturated rings. The van der Waals surface area contributed by atoms with Crippen LogP contribution in [0.3, 0.4) is 0 Å². The van der Waals surface area contributed by atoms with E-state index in [2.05, 4.69) is 12.2 Å². The first kappa shape index (κ1) is 14.5. The summed E-state index contributed by atoms with van der Waals surface area (Å²) < 4.78 is 0. The van der Waals surface area contributed by atoms with Crippen LogP contribution in [-0.2, 0) is 4.79 Å². The maximum Gasteiger partial charge on any atom is 0.237 e. The van der Waals surface area contributed by atoms with Crippen molar-refractivity contribution in [3.8, 4) is 0 Å². The molecule has 4 heteroatoms. The lowest BCUT2D eigenvalue weighted by molar-refractivity contribution is -0.125. The Labute approximate surface area is 104 Å². The first-order valence-corrected chi connectivity index (χ1v) is 6.60. The Morgan fingerprint density at radius 1 is 1.59 bits per heavy atom. The van der Waals surface area contributed by atoms with Crippen LogP contribution in [0.2, 0.25) is 0 Å². The molecule has 1 aliphatic carbocycles. The van der Waals surface area contributed by atoms with Crippen molar-refractivity contribution in [1.29, 1.82) is 0 Å². The number of hydrogen-bond acceptors (Lipinski definition) is 3. The van der Waals surface area contributed by atoms with E-state index in [4.69, 9.17) is 5.73 Å². The molecular formula is C13H26N2O2. The Balaban J connectivity index is 2.41. The predicted molar refractivity (Wildman–Crippen MR) is 68.4 cm³/mol. The van der Waals surface area contributed by atoms with Crippen LogP contribution in [0.1, 0.15) is 46.5 Å². The Morgan fingerprint density at radius 3 is 2.76 bits per heavy atom. The normalized spacial score (nSPS) is 31.3. The van der Waals surface area contributed by atoms with Gasteiger partial charge in [-0.05, 0) is 24.7 Å². The second kappa shape index (κ2) is 5.83. The molecule has 0 heterocycles. The highest BCUT2D eigenvalue weighted by molar-refractivity contribution is 5.81. The summed E-state index contributed by atoms with van der Waals surface area (Å²) in [6.45, 7) is 6.31. The van der Waals surface area contributed by atoms with E-state index >= 15 is 0 Å². The summed E-state index contributed by atoms with van der Waals surface area (Å²) in [6, 6.07) is -0.486. The van der Waals surface area contributed by atoms with E-state index in [1.807, 2.05) is 13.8 Å². The summed E-state index contributed by atoms with van der Waals surface area (Å²) in [4.78, 5) is 11.7. The number of aliphatic hydroxyl groups is 1. The minimum atomic E-state index is -0.732. The molecule has 0 aromatic rings. The minimum absolute atomic E-state index is 0.120. The zero-order valence-electron chi connectivity index (χ0n) is 11.2. The van der Waals surface area contributed by atoms with Gasteiger partial charge in [0, 0.05) is 6.54 Å². The van der Waals surface area contributed by atoms with Crippen molar-refractivity contribution in [2.24, 2.45) is 17.6 Å². The average molecular weight is 242 g/mol. The maximum absolute atomic E-state index is 11.7. The number of nitrogens with one attached hydrogen (secondary N) is 1. The van der Waals surface area contributed by atoms with E-state index in [9.17, 15) is 9.90 Å². The fraction of sp³-hybridized carbons (Fsp3) is 0.923. The standard InChI is InChI=1S/C13H26N2O2/c1-9(2)11(14)12(16)15-8-13(17)6-4-5-10(3)7-13/h9-11,17H,4-8,14H2,1-3H3,(H,15,16)/t10?,11-,13?/m1/s1. The Bertz CT molecular complexity index is 268. The van der Waals surface area contributed by atoms with Gasteiger partial charge >= 0.3 is 0 Å². The minimum Gasteiger partial charge on any atom is -0.388 e. The lowest BCUT2D eigenvalue weighted by Crippen LogP contribution is -2.51. The summed E-state index contributed by atoms with van der Waals surface area (Å²) in [7, 11) is 0. The van der Waals surface area contributed by atoms with Gasteiger partial charge in [0.1, 0.15) is 0 Å². The number of hydrogen-bond donors (Lipinski definition) is 3. The smallest absolute Gasteiger partial charge is 0.237 e. The molecule has 0 saturated heterocycles. The first-order chi connectivity index (χ1) is 7.84. The SMILES string of the molecule is CC1CCCC(O)(CNC(=O)[C@H](N)C(C)C)C1. The molecule has 100 valence electrons. The van der Waals surface area contributed by atoms with Crippen LogP contribution in [0.25, 0.3) is 0 Å². The van der Waals surface area contributed by atoms with Crippen LogP contribution in [0.4, 0.5) is 0 Å². The maximum atomic E-state index is 11.7. The fourth-order valence-corrected chi connectivity index (χ4v) is 2.47. The third-order valence-electron chi connectivity index (χ3n) is 3.68. The molecule has 1 aliphatic rings. The molecule has 1 saturated carbocycles. The van der Waals surface area contributed by atoms with Gasteiger partial charge in [0.2, 0.25) is 5.91 Å². The Hall–Kier alpha value is -0.610. The molecule has 17 heavy (non-hydrogen) atoms. The lowest BCUT2D eigenvalue weighted by Gasteiger charge is -2.36. The average Bonchev–Trinajstić information content (AvgIpc) is 2.24. The Morgan fingerprint density at radius 2 is 2.24 bits per heavy atom. The highest BCUT2D eigenvalue weighted by atomic mass is 16.3. The monoisotopic (exact) mass is 242 g/mol. The predicted octanol–water partition coefficient (Wildman–Crippen LogP) is 1.03. The van der Waals surface area contributed by atoms with Crippen LogP contribution in [-0.4, -0.2) is 29.2 Å². The van der Waals surface area contributed by atoms with Gasteiger partial charge in [-0.2, -0.15) is 0 Å². The summed E-state index contributed by atoms with van der Waals surface area (Å²) >= 11 is 0. The van der Waals surface area contributed by atoms with Crippen molar-refractivity contribution in [3.63, 3.8) is 0 Å². The lowest BCUT2D eigenvalue weighted by atomic mass is 9.79. The number of rotatable bonds is 4. The van der Waals surface area contributed by atoms with Crippen molar-refractivity contribution in [2.75, 3.05) is 6.54 Å². The van der Waals surface area contributed by atoms with Gasteiger partial charge in [-0.3, -0.25) is 4.79 Å². The Kier molecular flexibility index (Phi) is 4.95. The van der Waals surface area contributed by atoms with Crippen LogP contribution in [0.15, 0.2) is 0 Å². The van der Waals surface area contributed by atoms with Gasteiger partial charge < -0.3 is 16.2 Å². The van der Waals surface area contributed by atoms with Crippen molar-refractivity contribution in [2.45, 2.75) is 58.1 Å². The largest absolute Gasteiger partial charge is 0.388 e. The molecule has 0 radical (unpaired) electrons. The van der Waals surface area contributed by atoms with Crippen LogP contribution >= 0.6 is 0 Å². The molecule has 0 aromatic carbocycles. The van der Waals surface area contributed by atoms with E-state index in [-0.39, 0.29) is 11.8 Å². The summed E-state index contributed by atoms with van der Waals surface area (Å²) in [5.41, 5.74) is 5.02. The van der Waals surface area contributed by atoms with Crippen LogP contribution in [0, 0.1) is 11.8 Å².